The number of hydrogen-bond acceptors (Lipinski definition) is 5. The van der Waals surface area contributed by atoms with Gasteiger partial charge in [-0.05, 0) is 36.4 Å². The maximum atomic E-state index is 12.8. The molecule has 142 valence electrons. The molecule has 7 nitrogen and oxygen atoms in total. The van der Waals surface area contributed by atoms with Crippen LogP contribution in [0.3, 0.4) is 0 Å². The van der Waals surface area contributed by atoms with Crippen LogP contribution in [0.15, 0.2) is 60.1 Å². The van der Waals surface area contributed by atoms with E-state index in [4.69, 9.17) is 4.74 Å². The van der Waals surface area contributed by atoms with E-state index in [0.717, 1.165) is 24.7 Å². The molecule has 1 saturated heterocycles. The Kier molecular flexibility index (Phi) is 6.20. The molecule has 0 aliphatic carbocycles. The molecule has 1 fully saturated rings. The van der Waals surface area contributed by atoms with E-state index in [0.29, 0.717) is 23.7 Å². The van der Waals surface area contributed by atoms with Crippen LogP contribution in [0.4, 0.5) is 11.5 Å². The lowest BCUT2D eigenvalue weighted by atomic mass is 10.3. The maximum absolute atomic E-state index is 12.8. The molecule has 0 bridgehead atoms. The fraction of sp³-hybridized carbons (Fsp3) is 0.263. The first-order valence-corrected chi connectivity index (χ1v) is 9.66. The van der Waals surface area contributed by atoms with Crippen molar-refractivity contribution in [2.75, 3.05) is 43.5 Å². The zero-order chi connectivity index (χ0) is 19.2. The van der Waals surface area contributed by atoms with Crippen molar-refractivity contribution in [2.24, 2.45) is 0 Å². The Bertz CT molecular complexity index is 833. The summed E-state index contributed by atoms with van der Waals surface area (Å²) in [6, 6.07) is 10.7. The topological polar surface area (TPSA) is 74.8 Å². The van der Waals surface area contributed by atoms with E-state index < -0.39 is 11.0 Å². The molecule has 1 atom stereocenters. The van der Waals surface area contributed by atoms with Gasteiger partial charge in [0.25, 0.3) is 0 Å². The standard InChI is InChI=1S/C19H22N4O3S/c1-3-19(24)21-15-4-6-17(7-5-15)27(25)23-12-10-22(11-13-23)18-14-16(26-2)8-9-20-18/h3-9,14H,1,10-13H2,2H3,(H,21,24). The van der Waals surface area contributed by atoms with Crippen LogP contribution >= 0.6 is 0 Å². The number of ether oxygens (including phenoxy) is 1. The maximum Gasteiger partial charge on any atom is 0.247 e. The zero-order valence-corrected chi connectivity index (χ0v) is 15.9. The zero-order valence-electron chi connectivity index (χ0n) is 15.1. The smallest absolute Gasteiger partial charge is 0.247 e. The van der Waals surface area contributed by atoms with Gasteiger partial charge in [0.05, 0.1) is 12.0 Å². The first-order valence-electron chi connectivity index (χ1n) is 8.56. The second-order valence-electron chi connectivity index (χ2n) is 5.94. The minimum absolute atomic E-state index is 0.272. The average Bonchev–Trinajstić information content (AvgIpc) is 2.74. The lowest BCUT2D eigenvalue weighted by Gasteiger charge is -2.34. The molecule has 0 spiro atoms. The Morgan fingerprint density at radius 1 is 1.22 bits per heavy atom. The van der Waals surface area contributed by atoms with E-state index in [9.17, 15) is 9.00 Å². The Labute approximate surface area is 161 Å². The van der Waals surface area contributed by atoms with Gasteiger partial charge in [0.1, 0.15) is 22.6 Å². The number of aromatic nitrogens is 1. The normalized spacial score (nSPS) is 15.8. The molecule has 2 aromatic rings. The number of carbonyl (C=O) groups is 1. The summed E-state index contributed by atoms with van der Waals surface area (Å²) in [6.45, 7) is 6.22. The fourth-order valence-corrected chi connectivity index (χ4v) is 3.94. The Morgan fingerprint density at radius 2 is 1.93 bits per heavy atom. The van der Waals surface area contributed by atoms with Gasteiger partial charge < -0.3 is 15.0 Å². The number of pyridine rings is 1. The largest absolute Gasteiger partial charge is 0.497 e. The molecular weight excluding hydrogens is 364 g/mol. The van der Waals surface area contributed by atoms with Crippen LogP contribution in [-0.2, 0) is 15.8 Å². The summed E-state index contributed by atoms with van der Waals surface area (Å²) in [6.07, 6.45) is 2.94. The van der Waals surface area contributed by atoms with Crippen molar-refractivity contribution < 1.29 is 13.7 Å². The van der Waals surface area contributed by atoms with Gasteiger partial charge in [-0.2, -0.15) is 0 Å². The summed E-state index contributed by atoms with van der Waals surface area (Å²) < 4.78 is 20.0. The van der Waals surface area contributed by atoms with Gasteiger partial charge in [-0.1, -0.05) is 6.58 Å². The van der Waals surface area contributed by atoms with Gasteiger partial charge in [0.2, 0.25) is 5.91 Å². The van der Waals surface area contributed by atoms with Crippen LogP contribution in [0.25, 0.3) is 0 Å². The first-order chi connectivity index (χ1) is 13.1. The summed E-state index contributed by atoms with van der Waals surface area (Å²) in [7, 11) is 0.392. The van der Waals surface area contributed by atoms with Crippen LogP contribution in [0, 0.1) is 0 Å². The van der Waals surface area contributed by atoms with Crippen LogP contribution < -0.4 is 15.0 Å². The third kappa shape index (κ3) is 4.72. The van der Waals surface area contributed by atoms with Crippen LogP contribution in [0.5, 0.6) is 5.75 Å². The molecule has 2 heterocycles. The highest BCUT2D eigenvalue weighted by Gasteiger charge is 2.23. The fourth-order valence-electron chi connectivity index (χ4n) is 2.78. The molecule has 1 aliphatic heterocycles. The van der Waals surface area contributed by atoms with Crippen molar-refractivity contribution in [3.63, 3.8) is 0 Å². The quantitative estimate of drug-likeness (QED) is 0.769. The highest BCUT2D eigenvalue weighted by Crippen LogP contribution is 2.21. The van der Waals surface area contributed by atoms with Gasteiger partial charge in [-0.15, -0.1) is 0 Å². The van der Waals surface area contributed by atoms with Crippen molar-refractivity contribution in [1.29, 1.82) is 0 Å². The molecular formula is C19H22N4O3S. The van der Waals surface area contributed by atoms with Crippen LogP contribution in [0.2, 0.25) is 0 Å². The van der Waals surface area contributed by atoms with E-state index in [2.05, 4.69) is 21.8 Å². The summed E-state index contributed by atoms with van der Waals surface area (Å²) >= 11 is 0. The molecule has 3 rings (SSSR count). The van der Waals surface area contributed by atoms with Gasteiger partial charge in [0, 0.05) is 44.1 Å². The molecule has 1 amide bonds. The summed E-state index contributed by atoms with van der Waals surface area (Å²) in [4.78, 5) is 18.6. The molecule has 8 heteroatoms. The number of methoxy groups -OCH3 is 1. The summed E-state index contributed by atoms with van der Waals surface area (Å²) in [5.41, 5.74) is 0.648. The van der Waals surface area contributed by atoms with Crippen molar-refractivity contribution >= 4 is 28.4 Å². The van der Waals surface area contributed by atoms with Crippen LogP contribution in [-0.4, -0.2) is 52.7 Å². The van der Waals surface area contributed by atoms with E-state index in [1.54, 1.807) is 37.6 Å². The van der Waals surface area contributed by atoms with Gasteiger partial charge in [-0.3, -0.25) is 4.79 Å². The number of hydrogen-bond donors (Lipinski definition) is 1. The van der Waals surface area contributed by atoms with E-state index in [1.807, 2.05) is 16.4 Å². The highest BCUT2D eigenvalue weighted by molar-refractivity contribution is 7.82. The second kappa shape index (κ2) is 8.79. The predicted molar refractivity (Wildman–Crippen MR) is 106 cm³/mol. The number of amides is 1. The van der Waals surface area contributed by atoms with Crippen molar-refractivity contribution in [3.05, 3.63) is 55.3 Å². The van der Waals surface area contributed by atoms with Crippen LogP contribution in [0.1, 0.15) is 0 Å². The van der Waals surface area contributed by atoms with Crippen molar-refractivity contribution in [1.82, 2.24) is 9.29 Å². The average molecular weight is 386 g/mol. The lowest BCUT2D eigenvalue weighted by Crippen LogP contribution is -2.47. The number of carbonyl (C=O) groups excluding carboxylic acids is 1. The number of rotatable bonds is 6. The lowest BCUT2D eigenvalue weighted by molar-refractivity contribution is -0.111. The molecule has 1 unspecified atom stereocenters. The molecule has 1 aromatic carbocycles. The minimum atomic E-state index is -1.24. The SMILES string of the molecule is C=CC(=O)Nc1ccc(S(=O)N2CCN(c3cc(OC)ccn3)CC2)cc1. The third-order valence-electron chi connectivity index (χ3n) is 4.26. The number of anilines is 2. The number of benzene rings is 1. The molecule has 1 aromatic heterocycles. The third-order valence-corrected chi connectivity index (χ3v) is 5.77. The Morgan fingerprint density at radius 3 is 2.56 bits per heavy atom. The van der Waals surface area contributed by atoms with E-state index in [1.165, 1.54) is 6.08 Å². The molecule has 0 saturated carbocycles. The monoisotopic (exact) mass is 386 g/mol. The van der Waals surface area contributed by atoms with Gasteiger partial charge >= 0.3 is 0 Å². The number of nitrogens with zero attached hydrogens (tertiary/aromatic N) is 3. The Hall–Kier alpha value is -2.71. The highest BCUT2D eigenvalue weighted by atomic mass is 32.2. The van der Waals surface area contributed by atoms with E-state index >= 15 is 0 Å². The van der Waals surface area contributed by atoms with Crippen molar-refractivity contribution in [2.45, 2.75) is 4.90 Å². The number of piperazine rings is 1. The number of nitrogens with one attached hydrogen (secondary N) is 1. The predicted octanol–water partition coefficient (Wildman–Crippen LogP) is 2.06. The first kappa shape index (κ1) is 19.1. The Balaban J connectivity index is 1.59. The summed E-state index contributed by atoms with van der Waals surface area (Å²) in [5, 5.41) is 2.68. The minimum Gasteiger partial charge on any atom is -0.497 e. The van der Waals surface area contributed by atoms with Gasteiger partial charge in [-0.25, -0.2) is 13.5 Å². The van der Waals surface area contributed by atoms with E-state index in [-0.39, 0.29) is 5.91 Å². The summed E-state index contributed by atoms with van der Waals surface area (Å²) in [5.74, 6) is 1.36. The molecule has 1 N–H and O–H groups in total. The van der Waals surface area contributed by atoms with Crippen molar-refractivity contribution in [3.8, 4) is 5.75 Å². The molecule has 1 aliphatic rings. The molecule has 0 radical (unpaired) electrons. The second-order valence-corrected chi connectivity index (χ2v) is 7.42. The van der Waals surface area contributed by atoms with Gasteiger partial charge in [0.15, 0.2) is 0 Å². The molecule has 27 heavy (non-hydrogen) atoms.